The van der Waals surface area contributed by atoms with Crippen LogP contribution in [0.5, 0.6) is 5.75 Å². The summed E-state index contributed by atoms with van der Waals surface area (Å²) in [4.78, 5) is 0. The van der Waals surface area contributed by atoms with E-state index in [4.69, 9.17) is 9.47 Å². The first-order valence-electron chi connectivity index (χ1n) is 6.29. The first-order chi connectivity index (χ1) is 8.51. The molecule has 0 spiro atoms. The summed E-state index contributed by atoms with van der Waals surface area (Å²) in [5.41, 5.74) is 0.746. The van der Waals surface area contributed by atoms with Crippen LogP contribution in [-0.2, 0) is 4.74 Å². The molecule has 0 fully saturated rings. The van der Waals surface area contributed by atoms with Crippen LogP contribution in [0.3, 0.4) is 0 Å². The highest BCUT2D eigenvalue weighted by atomic mass is 16.5. The van der Waals surface area contributed by atoms with Crippen LogP contribution in [0.1, 0.15) is 45.0 Å². The van der Waals surface area contributed by atoms with Gasteiger partial charge in [-0.1, -0.05) is 6.92 Å². The van der Waals surface area contributed by atoms with Crippen molar-refractivity contribution in [3.63, 3.8) is 0 Å². The number of aromatic nitrogens is 2. The van der Waals surface area contributed by atoms with Crippen molar-refractivity contribution >= 4 is 0 Å². The zero-order chi connectivity index (χ0) is 13.7. The highest BCUT2D eigenvalue weighted by Crippen LogP contribution is 2.31. The third-order valence-corrected chi connectivity index (χ3v) is 2.90. The van der Waals surface area contributed by atoms with Gasteiger partial charge in [0.25, 0.3) is 0 Å². The van der Waals surface area contributed by atoms with Gasteiger partial charge in [0.15, 0.2) is 5.75 Å². The van der Waals surface area contributed by atoms with Crippen LogP contribution in [-0.4, -0.2) is 35.7 Å². The molecule has 1 aromatic heterocycles. The van der Waals surface area contributed by atoms with Gasteiger partial charge in [-0.05, 0) is 26.2 Å². The maximum Gasteiger partial charge on any atom is 0.162 e. The number of aliphatic hydroxyl groups is 1. The number of hydrogen-bond donors (Lipinski definition) is 1. The van der Waals surface area contributed by atoms with Gasteiger partial charge in [-0.15, -0.1) is 0 Å². The fourth-order valence-electron chi connectivity index (χ4n) is 2.09. The van der Waals surface area contributed by atoms with Crippen LogP contribution < -0.4 is 4.74 Å². The number of aliphatic hydroxyl groups excluding tert-OH is 1. The standard InChI is InChI=1S/C13H24N2O3/c1-9(2)15-13(12(18-5)7-14-15)11(16)6-10(3)8-17-4/h7,9-11,16H,6,8H2,1-5H3. The predicted molar refractivity (Wildman–Crippen MR) is 69.8 cm³/mol. The minimum atomic E-state index is -0.588. The molecule has 1 heterocycles. The highest BCUT2D eigenvalue weighted by Gasteiger charge is 2.23. The first-order valence-corrected chi connectivity index (χ1v) is 6.29. The quantitative estimate of drug-likeness (QED) is 0.812. The fraction of sp³-hybridized carbons (Fsp3) is 0.769. The molecule has 0 radical (unpaired) electrons. The lowest BCUT2D eigenvalue weighted by Crippen LogP contribution is -2.15. The average Bonchev–Trinajstić information content (AvgIpc) is 2.72. The molecule has 2 atom stereocenters. The van der Waals surface area contributed by atoms with Crippen molar-refractivity contribution in [1.29, 1.82) is 0 Å². The third kappa shape index (κ3) is 3.46. The van der Waals surface area contributed by atoms with Gasteiger partial charge in [0.05, 0.1) is 19.4 Å². The maximum atomic E-state index is 10.4. The molecule has 1 N–H and O–H groups in total. The van der Waals surface area contributed by atoms with Gasteiger partial charge in [0.1, 0.15) is 5.69 Å². The lowest BCUT2D eigenvalue weighted by atomic mass is 10.0. The molecule has 104 valence electrons. The monoisotopic (exact) mass is 256 g/mol. The van der Waals surface area contributed by atoms with Gasteiger partial charge in [-0.25, -0.2) is 0 Å². The summed E-state index contributed by atoms with van der Waals surface area (Å²) in [6, 6.07) is 0.191. The SMILES string of the molecule is COCC(C)CC(O)c1c(OC)cnn1C(C)C. The van der Waals surface area contributed by atoms with E-state index in [0.29, 0.717) is 18.8 Å². The summed E-state index contributed by atoms with van der Waals surface area (Å²) < 4.78 is 12.2. The molecule has 0 saturated carbocycles. The summed E-state index contributed by atoms with van der Waals surface area (Å²) in [6.45, 7) is 6.74. The Labute approximate surface area is 109 Å². The topological polar surface area (TPSA) is 56.5 Å². The molecule has 0 aliphatic carbocycles. The minimum absolute atomic E-state index is 0.191. The third-order valence-electron chi connectivity index (χ3n) is 2.90. The van der Waals surface area contributed by atoms with Crippen LogP contribution in [0, 0.1) is 5.92 Å². The largest absolute Gasteiger partial charge is 0.493 e. The molecular weight excluding hydrogens is 232 g/mol. The van der Waals surface area contributed by atoms with Crippen LogP contribution in [0.15, 0.2) is 6.20 Å². The predicted octanol–water partition coefficient (Wildman–Crippen LogP) is 2.18. The maximum absolute atomic E-state index is 10.4. The molecule has 2 unspecified atom stereocenters. The summed E-state index contributed by atoms with van der Waals surface area (Å²) in [6.07, 6.45) is 1.69. The van der Waals surface area contributed by atoms with Gasteiger partial charge >= 0.3 is 0 Å². The van der Waals surface area contributed by atoms with E-state index in [9.17, 15) is 5.11 Å². The van der Waals surface area contributed by atoms with Crippen LogP contribution in [0.4, 0.5) is 0 Å². The van der Waals surface area contributed by atoms with Crippen LogP contribution in [0.25, 0.3) is 0 Å². The van der Waals surface area contributed by atoms with Crippen molar-refractivity contribution in [3.8, 4) is 5.75 Å². The van der Waals surface area contributed by atoms with Crippen molar-refractivity contribution in [1.82, 2.24) is 9.78 Å². The van der Waals surface area contributed by atoms with Crippen molar-refractivity contribution in [3.05, 3.63) is 11.9 Å². The first kappa shape index (κ1) is 15.0. The van der Waals surface area contributed by atoms with E-state index >= 15 is 0 Å². The minimum Gasteiger partial charge on any atom is -0.493 e. The lowest BCUT2D eigenvalue weighted by molar-refractivity contribution is 0.0940. The molecule has 0 bridgehead atoms. The number of hydrogen-bond acceptors (Lipinski definition) is 4. The normalized spacial score (nSPS) is 14.8. The molecule has 0 saturated heterocycles. The van der Waals surface area contributed by atoms with Crippen molar-refractivity contribution in [2.75, 3.05) is 20.8 Å². The van der Waals surface area contributed by atoms with Crippen molar-refractivity contribution in [2.45, 2.75) is 39.3 Å². The zero-order valence-corrected chi connectivity index (χ0v) is 11.9. The second-order valence-electron chi connectivity index (χ2n) is 4.95. The van der Waals surface area contributed by atoms with Crippen molar-refractivity contribution < 1.29 is 14.6 Å². The number of ether oxygens (including phenoxy) is 2. The van der Waals surface area contributed by atoms with Gasteiger partial charge < -0.3 is 14.6 Å². The molecule has 0 aliphatic heterocycles. The van der Waals surface area contributed by atoms with E-state index in [2.05, 4.69) is 12.0 Å². The van der Waals surface area contributed by atoms with E-state index in [0.717, 1.165) is 5.69 Å². The van der Waals surface area contributed by atoms with Gasteiger partial charge in [-0.3, -0.25) is 4.68 Å². The molecule has 0 aromatic carbocycles. The Bertz CT molecular complexity index is 363. The van der Waals surface area contributed by atoms with E-state index in [-0.39, 0.29) is 12.0 Å². The van der Waals surface area contributed by atoms with Gasteiger partial charge in [-0.2, -0.15) is 5.10 Å². The Hall–Kier alpha value is -1.07. The molecule has 1 aromatic rings. The van der Waals surface area contributed by atoms with E-state index in [1.165, 1.54) is 0 Å². The van der Waals surface area contributed by atoms with E-state index in [1.807, 2.05) is 18.5 Å². The molecule has 0 aliphatic rings. The summed E-state index contributed by atoms with van der Waals surface area (Å²) in [5.74, 6) is 0.922. The molecule has 5 heteroatoms. The zero-order valence-electron chi connectivity index (χ0n) is 11.9. The molecule has 1 rings (SSSR count). The number of rotatable bonds is 7. The van der Waals surface area contributed by atoms with E-state index < -0.39 is 6.10 Å². The summed E-state index contributed by atoms with van der Waals surface area (Å²) in [5, 5.41) is 14.6. The second kappa shape index (κ2) is 6.75. The van der Waals surface area contributed by atoms with Crippen LogP contribution >= 0.6 is 0 Å². The molecule has 5 nitrogen and oxygen atoms in total. The number of methoxy groups -OCH3 is 2. The van der Waals surface area contributed by atoms with Gasteiger partial charge in [0, 0.05) is 19.8 Å². The van der Waals surface area contributed by atoms with Crippen LogP contribution in [0.2, 0.25) is 0 Å². The highest BCUT2D eigenvalue weighted by molar-refractivity contribution is 5.27. The molecule has 18 heavy (non-hydrogen) atoms. The lowest BCUT2D eigenvalue weighted by Gasteiger charge is -2.19. The Kier molecular flexibility index (Phi) is 5.62. The Morgan fingerprint density at radius 1 is 1.33 bits per heavy atom. The summed E-state index contributed by atoms with van der Waals surface area (Å²) >= 11 is 0. The smallest absolute Gasteiger partial charge is 0.162 e. The Balaban J connectivity index is 2.88. The Morgan fingerprint density at radius 2 is 2.00 bits per heavy atom. The molecular formula is C13H24N2O3. The summed E-state index contributed by atoms with van der Waals surface area (Å²) in [7, 11) is 3.26. The number of nitrogens with zero attached hydrogens (tertiary/aromatic N) is 2. The van der Waals surface area contributed by atoms with Crippen molar-refractivity contribution in [2.24, 2.45) is 5.92 Å². The fourth-order valence-corrected chi connectivity index (χ4v) is 2.09. The molecule has 0 amide bonds. The van der Waals surface area contributed by atoms with E-state index in [1.54, 1.807) is 20.4 Å². The Morgan fingerprint density at radius 3 is 2.50 bits per heavy atom. The average molecular weight is 256 g/mol. The van der Waals surface area contributed by atoms with Gasteiger partial charge in [0.2, 0.25) is 0 Å². The second-order valence-corrected chi connectivity index (χ2v) is 4.95.